The average molecular weight is 321 g/mol. The molecule has 0 amide bonds. The number of benzene rings is 1. The van der Waals surface area contributed by atoms with Gasteiger partial charge in [-0.1, -0.05) is 0 Å². The van der Waals surface area contributed by atoms with E-state index in [1.807, 2.05) is 25.1 Å². The summed E-state index contributed by atoms with van der Waals surface area (Å²) >= 11 is 1.30. The standard InChI is InChI=1S/C16H19NO4S/c1-10-6-14(16(18)19)22-15(10)9-17-8-11-7-12(20-2)4-5-13(11)21-3/h4-7,17H,8-9H2,1-3H3,(H,18,19). The fourth-order valence-electron chi connectivity index (χ4n) is 2.13. The van der Waals surface area contributed by atoms with Gasteiger partial charge >= 0.3 is 5.97 Å². The van der Waals surface area contributed by atoms with E-state index in [1.165, 1.54) is 11.3 Å². The highest BCUT2D eigenvalue weighted by molar-refractivity contribution is 7.14. The van der Waals surface area contributed by atoms with E-state index in [9.17, 15) is 4.79 Å². The smallest absolute Gasteiger partial charge is 0.345 e. The number of ether oxygens (including phenoxy) is 2. The Balaban J connectivity index is 2.03. The van der Waals surface area contributed by atoms with Gasteiger partial charge in [0.1, 0.15) is 16.4 Å². The highest BCUT2D eigenvalue weighted by Crippen LogP contribution is 2.25. The van der Waals surface area contributed by atoms with Gasteiger partial charge in [0.2, 0.25) is 0 Å². The Morgan fingerprint density at radius 2 is 2.00 bits per heavy atom. The largest absolute Gasteiger partial charge is 0.497 e. The molecule has 0 fully saturated rings. The Morgan fingerprint density at radius 1 is 1.23 bits per heavy atom. The fraction of sp³-hybridized carbons (Fsp3) is 0.312. The molecule has 0 spiro atoms. The van der Waals surface area contributed by atoms with Crippen molar-refractivity contribution in [1.29, 1.82) is 0 Å². The van der Waals surface area contributed by atoms with Crippen LogP contribution in [0.25, 0.3) is 0 Å². The van der Waals surface area contributed by atoms with Gasteiger partial charge in [-0.2, -0.15) is 0 Å². The lowest BCUT2D eigenvalue weighted by Crippen LogP contribution is -2.13. The van der Waals surface area contributed by atoms with E-state index in [0.717, 1.165) is 27.5 Å². The second kappa shape index (κ2) is 7.29. The van der Waals surface area contributed by atoms with Gasteiger partial charge in [-0.05, 0) is 36.8 Å². The van der Waals surface area contributed by atoms with Crippen LogP contribution in [0.15, 0.2) is 24.3 Å². The molecule has 1 aromatic heterocycles. The van der Waals surface area contributed by atoms with Crippen molar-refractivity contribution >= 4 is 17.3 Å². The van der Waals surface area contributed by atoms with Crippen LogP contribution in [0, 0.1) is 6.92 Å². The molecule has 0 atom stereocenters. The molecule has 118 valence electrons. The average Bonchev–Trinajstić information content (AvgIpc) is 2.88. The lowest BCUT2D eigenvalue weighted by molar-refractivity contribution is 0.0702. The number of aromatic carboxylic acids is 1. The molecule has 0 saturated carbocycles. The summed E-state index contributed by atoms with van der Waals surface area (Å²) in [6.45, 7) is 3.15. The van der Waals surface area contributed by atoms with Gasteiger partial charge in [0, 0.05) is 23.5 Å². The third kappa shape index (κ3) is 3.78. The zero-order chi connectivity index (χ0) is 16.1. The summed E-state index contributed by atoms with van der Waals surface area (Å²) in [6, 6.07) is 7.35. The van der Waals surface area contributed by atoms with Gasteiger partial charge in [-0.15, -0.1) is 11.3 Å². The van der Waals surface area contributed by atoms with Gasteiger partial charge in [0.05, 0.1) is 14.2 Å². The Hall–Kier alpha value is -2.05. The second-order valence-electron chi connectivity index (χ2n) is 4.80. The molecule has 1 heterocycles. The first-order valence-corrected chi connectivity index (χ1v) is 7.61. The molecule has 0 aliphatic heterocycles. The van der Waals surface area contributed by atoms with Crippen LogP contribution in [0.5, 0.6) is 11.5 Å². The summed E-state index contributed by atoms with van der Waals surface area (Å²) in [4.78, 5) is 12.4. The van der Waals surface area contributed by atoms with Crippen LogP contribution in [0.4, 0.5) is 0 Å². The van der Waals surface area contributed by atoms with Crippen molar-refractivity contribution < 1.29 is 19.4 Å². The van der Waals surface area contributed by atoms with Crippen LogP contribution in [0.2, 0.25) is 0 Å². The molecule has 22 heavy (non-hydrogen) atoms. The molecule has 2 rings (SSSR count). The van der Waals surface area contributed by atoms with Crippen molar-refractivity contribution in [3.05, 3.63) is 45.1 Å². The van der Waals surface area contributed by atoms with E-state index in [-0.39, 0.29) is 0 Å². The first-order valence-electron chi connectivity index (χ1n) is 6.79. The van der Waals surface area contributed by atoms with E-state index in [2.05, 4.69) is 5.32 Å². The number of hydrogen-bond acceptors (Lipinski definition) is 5. The van der Waals surface area contributed by atoms with Crippen molar-refractivity contribution in [2.24, 2.45) is 0 Å². The molecule has 2 N–H and O–H groups in total. The van der Waals surface area contributed by atoms with Crippen LogP contribution in [0.3, 0.4) is 0 Å². The summed E-state index contributed by atoms with van der Waals surface area (Å²) in [6.07, 6.45) is 0. The number of carboxylic acids is 1. The Kier molecular flexibility index (Phi) is 5.41. The molecular formula is C16H19NO4S. The number of thiophene rings is 1. The van der Waals surface area contributed by atoms with E-state index in [4.69, 9.17) is 14.6 Å². The minimum Gasteiger partial charge on any atom is -0.497 e. The van der Waals surface area contributed by atoms with Gasteiger partial charge < -0.3 is 19.9 Å². The Bertz CT molecular complexity index is 666. The minimum atomic E-state index is -0.881. The highest BCUT2D eigenvalue weighted by atomic mass is 32.1. The van der Waals surface area contributed by atoms with Crippen LogP contribution in [-0.4, -0.2) is 25.3 Å². The first-order chi connectivity index (χ1) is 10.5. The molecule has 6 heteroatoms. The summed E-state index contributed by atoms with van der Waals surface area (Å²) in [5, 5.41) is 12.3. The number of nitrogens with one attached hydrogen (secondary N) is 1. The molecule has 0 aliphatic carbocycles. The lowest BCUT2D eigenvalue weighted by Gasteiger charge is -2.11. The van der Waals surface area contributed by atoms with Crippen molar-refractivity contribution in [3.8, 4) is 11.5 Å². The van der Waals surface area contributed by atoms with Gasteiger partial charge in [0.15, 0.2) is 0 Å². The van der Waals surface area contributed by atoms with Crippen LogP contribution in [-0.2, 0) is 13.1 Å². The van der Waals surface area contributed by atoms with E-state index >= 15 is 0 Å². The summed E-state index contributed by atoms with van der Waals surface area (Å²) < 4.78 is 10.6. The van der Waals surface area contributed by atoms with E-state index in [0.29, 0.717) is 18.0 Å². The van der Waals surface area contributed by atoms with Gasteiger partial charge in [-0.3, -0.25) is 0 Å². The molecule has 0 aliphatic rings. The molecular weight excluding hydrogens is 302 g/mol. The number of rotatable bonds is 7. The summed E-state index contributed by atoms with van der Waals surface area (Å²) in [5.74, 6) is 0.689. The Labute approximate surface area is 133 Å². The molecule has 0 radical (unpaired) electrons. The maximum absolute atomic E-state index is 11.0. The maximum atomic E-state index is 11.0. The summed E-state index contributed by atoms with van der Waals surface area (Å²) in [7, 11) is 3.26. The molecule has 0 saturated heterocycles. The minimum absolute atomic E-state index is 0.369. The SMILES string of the molecule is COc1ccc(OC)c(CNCc2sc(C(=O)O)cc2C)c1. The predicted octanol–water partition coefficient (Wildman–Crippen LogP) is 3.06. The molecule has 5 nitrogen and oxygen atoms in total. The number of methoxy groups -OCH3 is 2. The summed E-state index contributed by atoms with van der Waals surface area (Å²) in [5.41, 5.74) is 1.99. The van der Waals surface area contributed by atoms with Gasteiger partial charge in [0.25, 0.3) is 0 Å². The van der Waals surface area contributed by atoms with Gasteiger partial charge in [-0.25, -0.2) is 4.79 Å². The zero-order valence-corrected chi connectivity index (χ0v) is 13.6. The molecule has 0 bridgehead atoms. The van der Waals surface area contributed by atoms with Crippen LogP contribution in [0.1, 0.15) is 25.7 Å². The predicted molar refractivity (Wildman–Crippen MR) is 86.1 cm³/mol. The molecule has 2 aromatic rings. The topological polar surface area (TPSA) is 67.8 Å². The quantitative estimate of drug-likeness (QED) is 0.820. The zero-order valence-electron chi connectivity index (χ0n) is 12.8. The fourth-order valence-corrected chi connectivity index (χ4v) is 3.11. The third-order valence-electron chi connectivity index (χ3n) is 3.32. The van der Waals surface area contributed by atoms with Crippen LogP contribution < -0.4 is 14.8 Å². The number of aryl methyl sites for hydroxylation is 1. The van der Waals surface area contributed by atoms with Crippen molar-refractivity contribution in [2.75, 3.05) is 14.2 Å². The number of carbonyl (C=O) groups is 1. The number of carboxylic acid groups (broad SMARTS) is 1. The third-order valence-corrected chi connectivity index (χ3v) is 4.55. The van der Waals surface area contributed by atoms with E-state index in [1.54, 1.807) is 20.3 Å². The maximum Gasteiger partial charge on any atom is 0.345 e. The molecule has 1 aromatic carbocycles. The van der Waals surface area contributed by atoms with Crippen LogP contribution >= 0.6 is 11.3 Å². The van der Waals surface area contributed by atoms with Crippen molar-refractivity contribution in [1.82, 2.24) is 5.32 Å². The number of hydrogen-bond donors (Lipinski definition) is 2. The Morgan fingerprint density at radius 3 is 2.59 bits per heavy atom. The lowest BCUT2D eigenvalue weighted by atomic mass is 10.2. The molecule has 0 unspecified atom stereocenters. The first kappa shape index (κ1) is 16.3. The van der Waals surface area contributed by atoms with Crippen molar-refractivity contribution in [3.63, 3.8) is 0 Å². The van der Waals surface area contributed by atoms with Crippen molar-refractivity contribution in [2.45, 2.75) is 20.0 Å². The highest BCUT2D eigenvalue weighted by Gasteiger charge is 2.11. The normalized spacial score (nSPS) is 10.5. The van der Waals surface area contributed by atoms with E-state index < -0.39 is 5.97 Å². The second-order valence-corrected chi connectivity index (χ2v) is 5.94. The monoisotopic (exact) mass is 321 g/mol.